The summed E-state index contributed by atoms with van der Waals surface area (Å²) in [5, 5.41) is 8.51. The largest absolute Gasteiger partial charge is 0.481 e. The summed E-state index contributed by atoms with van der Waals surface area (Å²) in [7, 11) is 0. The van der Waals surface area contributed by atoms with Gasteiger partial charge < -0.3 is 10.0 Å². The fourth-order valence-electron chi connectivity index (χ4n) is 1.36. The molecule has 0 fully saturated rings. The third kappa shape index (κ3) is 5.40. The van der Waals surface area contributed by atoms with E-state index >= 15 is 0 Å². The topological polar surface area (TPSA) is 57.6 Å². The lowest BCUT2D eigenvalue weighted by Gasteiger charge is -2.28. The van der Waals surface area contributed by atoms with Crippen LogP contribution in [0.1, 0.15) is 40.5 Å². The molecule has 0 atom stereocenters. The van der Waals surface area contributed by atoms with Crippen molar-refractivity contribution in [2.75, 3.05) is 6.54 Å². The molecule has 15 heavy (non-hydrogen) atoms. The van der Waals surface area contributed by atoms with Gasteiger partial charge >= 0.3 is 5.97 Å². The summed E-state index contributed by atoms with van der Waals surface area (Å²) in [6.07, 6.45) is 0.639. The summed E-state index contributed by atoms with van der Waals surface area (Å²) in [4.78, 5) is 23.8. The highest BCUT2D eigenvalue weighted by atomic mass is 16.4. The second-order valence-corrected chi connectivity index (χ2v) is 4.28. The zero-order chi connectivity index (χ0) is 12.0. The van der Waals surface area contributed by atoms with Crippen LogP contribution in [0.4, 0.5) is 0 Å². The van der Waals surface area contributed by atoms with Gasteiger partial charge in [-0.25, -0.2) is 0 Å². The van der Waals surface area contributed by atoms with Crippen LogP contribution in [-0.4, -0.2) is 34.5 Å². The minimum Gasteiger partial charge on any atom is -0.481 e. The molecule has 4 nitrogen and oxygen atoms in total. The van der Waals surface area contributed by atoms with E-state index in [1.165, 1.54) is 0 Å². The summed E-state index contributed by atoms with van der Waals surface area (Å²) in [6, 6.07) is 0.133. The van der Waals surface area contributed by atoms with E-state index in [1.54, 1.807) is 4.90 Å². The van der Waals surface area contributed by atoms with Crippen LogP contribution >= 0.6 is 0 Å². The van der Waals surface area contributed by atoms with Crippen LogP contribution in [0.25, 0.3) is 0 Å². The van der Waals surface area contributed by atoms with Crippen LogP contribution in [-0.2, 0) is 9.59 Å². The second-order valence-electron chi connectivity index (χ2n) is 4.28. The van der Waals surface area contributed by atoms with Gasteiger partial charge in [-0.2, -0.15) is 0 Å². The minimum atomic E-state index is -0.810. The highest BCUT2D eigenvalue weighted by Gasteiger charge is 2.19. The fraction of sp³-hybridized carbons (Fsp3) is 0.818. The number of carboxylic acids is 1. The number of amides is 1. The van der Waals surface area contributed by atoms with Gasteiger partial charge in [0.05, 0.1) is 0 Å². The Labute approximate surface area is 91.3 Å². The number of hydrogen-bond acceptors (Lipinski definition) is 2. The summed E-state index contributed by atoms with van der Waals surface area (Å²) in [5.41, 5.74) is 0. The minimum absolute atomic E-state index is 0.0303. The first-order chi connectivity index (χ1) is 6.86. The monoisotopic (exact) mass is 215 g/mol. The number of nitrogens with zero attached hydrogens (tertiary/aromatic N) is 1. The number of aliphatic carboxylic acids is 1. The quantitative estimate of drug-likeness (QED) is 0.734. The highest BCUT2D eigenvalue weighted by Crippen LogP contribution is 2.08. The Morgan fingerprint density at radius 2 is 1.73 bits per heavy atom. The zero-order valence-electron chi connectivity index (χ0n) is 9.99. The van der Waals surface area contributed by atoms with Crippen LogP contribution in [0.15, 0.2) is 0 Å². The molecule has 0 aromatic rings. The van der Waals surface area contributed by atoms with Gasteiger partial charge in [0.25, 0.3) is 0 Å². The van der Waals surface area contributed by atoms with Crippen molar-refractivity contribution in [3.8, 4) is 0 Å². The Kier molecular flexibility index (Phi) is 5.97. The van der Waals surface area contributed by atoms with Crippen molar-refractivity contribution in [1.82, 2.24) is 4.90 Å². The predicted molar refractivity (Wildman–Crippen MR) is 58.6 cm³/mol. The van der Waals surface area contributed by atoms with E-state index in [0.29, 0.717) is 13.0 Å². The highest BCUT2D eigenvalue weighted by molar-refractivity contribution is 5.78. The van der Waals surface area contributed by atoms with E-state index in [4.69, 9.17) is 5.11 Å². The third-order valence-electron chi connectivity index (χ3n) is 2.19. The first-order valence-electron chi connectivity index (χ1n) is 5.38. The summed E-state index contributed by atoms with van der Waals surface area (Å²) in [6.45, 7) is 8.13. The SMILES string of the molecule is CC(C)C(=O)N(CCCC(=O)O)C(C)C. The van der Waals surface area contributed by atoms with Gasteiger partial charge in [-0.1, -0.05) is 13.8 Å². The smallest absolute Gasteiger partial charge is 0.303 e. The van der Waals surface area contributed by atoms with Crippen molar-refractivity contribution in [2.45, 2.75) is 46.6 Å². The molecule has 0 aliphatic carbocycles. The van der Waals surface area contributed by atoms with Gasteiger partial charge in [-0.3, -0.25) is 9.59 Å². The number of rotatable bonds is 6. The molecule has 88 valence electrons. The van der Waals surface area contributed by atoms with E-state index in [-0.39, 0.29) is 24.3 Å². The van der Waals surface area contributed by atoms with Gasteiger partial charge in [-0.05, 0) is 20.3 Å². The van der Waals surface area contributed by atoms with E-state index in [9.17, 15) is 9.59 Å². The summed E-state index contributed by atoms with van der Waals surface area (Å²) < 4.78 is 0. The van der Waals surface area contributed by atoms with Gasteiger partial charge in [0.2, 0.25) is 5.91 Å². The Hall–Kier alpha value is -1.06. The molecule has 0 saturated carbocycles. The van der Waals surface area contributed by atoms with Crippen LogP contribution in [0.5, 0.6) is 0 Å². The number of carbonyl (C=O) groups excluding carboxylic acids is 1. The van der Waals surface area contributed by atoms with Crippen molar-refractivity contribution < 1.29 is 14.7 Å². The molecule has 0 aliphatic heterocycles. The first-order valence-corrected chi connectivity index (χ1v) is 5.38. The average Bonchev–Trinajstić information content (AvgIpc) is 2.10. The molecular weight excluding hydrogens is 194 g/mol. The van der Waals surface area contributed by atoms with Gasteiger partial charge in [0, 0.05) is 24.9 Å². The maximum absolute atomic E-state index is 11.7. The van der Waals surface area contributed by atoms with Crippen LogP contribution < -0.4 is 0 Å². The molecule has 4 heteroatoms. The van der Waals surface area contributed by atoms with Crippen LogP contribution in [0.2, 0.25) is 0 Å². The Morgan fingerprint density at radius 1 is 1.20 bits per heavy atom. The molecule has 0 rings (SSSR count). The van der Waals surface area contributed by atoms with Crippen molar-refractivity contribution in [3.63, 3.8) is 0 Å². The third-order valence-corrected chi connectivity index (χ3v) is 2.19. The second kappa shape index (κ2) is 6.43. The lowest BCUT2D eigenvalue weighted by molar-refractivity contribution is -0.139. The van der Waals surface area contributed by atoms with E-state index in [2.05, 4.69) is 0 Å². The first kappa shape index (κ1) is 13.9. The average molecular weight is 215 g/mol. The maximum atomic E-state index is 11.7. The fourth-order valence-corrected chi connectivity index (χ4v) is 1.36. The molecule has 0 bridgehead atoms. The molecule has 0 aromatic heterocycles. The molecule has 1 amide bonds. The van der Waals surface area contributed by atoms with Crippen molar-refractivity contribution in [3.05, 3.63) is 0 Å². The van der Waals surface area contributed by atoms with Crippen molar-refractivity contribution in [2.24, 2.45) is 5.92 Å². The van der Waals surface area contributed by atoms with E-state index < -0.39 is 5.97 Å². The lowest BCUT2D eigenvalue weighted by Crippen LogP contribution is -2.40. The lowest BCUT2D eigenvalue weighted by atomic mass is 10.1. The standard InChI is InChI=1S/C11H21NO3/c1-8(2)11(15)12(9(3)4)7-5-6-10(13)14/h8-9H,5-7H2,1-4H3,(H,13,14). The molecule has 0 unspecified atom stereocenters. The van der Waals surface area contributed by atoms with Gasteiger partial charge in [0.15, 0.2) is 0 Å². The van der Waals surface area contributed by atoms with Gasteiger partial charge in [-0.15, -0.1) is 0 Å². The van der Waals surface area contributed by atoms with Crippen LogP contribution in [0, 0.1) is 5.92 Å². The Balaban J connectivity index is 4.17. The molecule has 0 saturated heterocycles. The van der Waals surface area contributed by atoms with Crippen molar-refractivity contribution in [1.29, 1.82) is 0 Å². The predicted octanol–water partition coefficient (Wildman–Crippen LogP) is 1.74. The Morgan fingerprint density at radius 3 is 2.07 bits per heavy atom. The van der Waals surface area contributed by atoms with E-state index in [1.807, 2.05) is 27.7 Å². The number of hydrogen-bond donors (Lipinski definition) is 1. The molecule has 0 aliphatic rings. The van der Waals surface area contributed by atoms with Crippen molar-refractivity contribution >= 4 is 11.9 Å². The molecule has 0 heterocycles. The summed E-state index contributed by atoms with van der Waals surface area (Å²) in [5.74, 6) is -0.747. The number of carbonyl (C=O) groups is 2. The van der Waals surface area contributed by atoms with Gasteiger partial charge in [0.1, 0.15) is 0 Å². The molecule has 0 spiro atoms. The number of carboxylic acid groups (broad SMARTS) is 1. The van der Waals surface area contributed by atoms with E-state index in [0.717, 1.165) is 0 Å². The van der Waals surface area contributed by atoms with Crippen LogP contribution in [0.3, 0.4) is 0 Å². The zero-order valence-corrected chi connectivity index (χ0v) is 9.99. The molecule has 0 aromatic carbocycles. The Bertz CT molecular complexity index is 224. The maximum Gasteiger partial charge on any atom is 0.303 e. The molecular formula is C11H21NO3. The summed E-state index contributed by atoms with van der Waals surface area (Å²) >= 11 is 0. The normalized spacial score (nSPS) is 10.8. The molecule has 0 radical (unpaired) electrons. The molecule has 1 N–H and O–H groups in total.